The van der Waals surface area contributed by atoms with Crippen molar-refractivity contribution in [3.63, 3.8) is 0 Å². The van der Waals surface area contributed by atoms with Gasteiger partial charge < -0.3 is 20.5 Å². The molecule has 0 saturated carbocycles. The van der Waals surface area contributed by atoms with Gasteiger partial charge >= 0.3 is 5.97 Å². The normalized spacial score (nSPS) is 10.3. The molecule has 2 aromatic rings. The molecule has 2 aromatic carbocycles. The topological polar surface area (TPSA) is 90.7 Å². The van der Waals surface area contributed by atoms with Crippen LogP contribution in [0.2, 0.25) is 5.02 Å². The number of esters is 1. The Morgan fingerprint density at radius 3 is 2.67 bits per heavy atom. The minimum Gasteiger partial charge on any atom is -0.496 e. The van der Waals surface area contributed by atoms with Gasteiger partial charge in [0, 0.05) is 17.5 Å². The minimum atomic E-state index is -0.705. The van der Waals surface area contributed by atoms with E-state index >= 15 is 0 Å². The number of ether oxygens (including phenoxy) is 2. The molecule has 144 valence electrons. The van der Waals surface area contributed by atoms with E-state index in [4.69, 9.17) is 26.8 Å². The van der Waals surface area contributed by atoms with Crippen LogP contribution in [0, 0.1) is 0 Å². The van der Waals surface area contributed by atoms with Gasteiger partial charge in [0.2, 0.25) is 0 Å². The average molecular weight is 409 g/mol. The fourth-order valence-electron chi connectivity index (χ4n) is 2.16. The average Bonchev–Trinajstić information content (AvgIpc) is 2.68. The fraction of sp³-hybridized carbons (Fsp3) is 0.263. The Morgan fingerprint density at radius 1 is 1.22 bits per heavy atom. The Labute approximate surface area is 167 Å². The smallest absolute Gasteiger partial charge is 0.342 e. The van der Waals surface area contributed by atoms with Crippen molar-refractivity contribution in [2.24, 2.45) is 0 Å². The van der Waals surface area contributed by atoms with Gasteiger partial charge in [0.05, 0.1) is 17.8 Å². The van der Waals surface area contributed by atoms with Gasteiger partial charge in [-0.05, 0) is 30.4 Å². The second-order valence-electron chi connectivity index (χ2n) is 5.52. The number of nitrogens with one attached hydrogen (secondary N) is 1. The van der Waals surface area contributed by atoms with E-state index in [1.165, 1.54) is 24.1 Å². The van der Waals surface area contributed by atoms with Crippen molar-refractivity contribution in [2.45, 2.75) is 11.3 Å². The van der Waals surface area contributed by atoms with Crippen LogP contribution in [-0.4, -0.2) is 37.9 Å². The number of amides is 1. The molecule has 0 aromatic heterocycles. The summed E-state index contributed by atoms with van der Waals surface area (Å²) >= 11 is 7.64. The molecule has 0 bridgehead atoms. The Balaban J connectivity index is 1.71. The van der Waals surface area contributed by atoms with Crippen molar-refractivity contribution in [3.8, 4) is 5.75 Å². The lowest BCUT2D eigenvalue weighted by Gasteiger charge is -2.11. The van der Waals surface area contributed by atoms with Gasteiger partial charge in [0.15, 0.2) is 6.61 Å². The van der Waals surface area contributed by atoms with Gasteiger partial charge in [-0.3, -0.25) is 4.79 Å². The van der Waals surface area contributed by atoms with E-state index < -0.39 is 5.97 Å². The molecule has 0 aliphatic rings. The molecule has 1 amide bonds. The Morgan fingerprint density at radius 2 is 1.96 bits per heavy atom. The predicted octanol–water partition coefficient (Wildman–Crippen LogP) is 3.39. The van der Waals surface area contributed by atoms with E-state index in [2.05, 4.69) is 5.32 Å². The summed E-state index contributed by atoms with van der Waals surface area (Å²) in [5, 5.41) is 2.93. The van der Waals surface area contributed by atoms with E-state index in [1.807, 2.05) is 30.3 Å². The molecule has 27 heavy (non-hydrogen) atoms. The summed E-state index contributed by atoms with van der Waals surface area (Å²) in [5.41, 5.74) is 6.08. The lowest BCUT2D eigenvalue weighted by Crippen LogP contribution is -2.29. The molecule has 0 spiro atoms. The molecule has 0 unspecified atom stereocenters. The quantitative estimate of drug-likeness (QED) is 0.286. The summed E-state index contributed by atoms with van der Waals surface area (Å²) in [6.45, 7) is 0.128. The molecule has 0 atom stereocenters. The summed E-state index contributed by atoms with van der Waals surface area (Å²) in [5.74, 6) is 0.0444. The number of benzene rings is 2. The molecule has 3 N–H and O–H groups in total. The van der Waals surface area contributed by atoms with Gasteiger partial charge in [-0.1, -0.05) is 29.8 Å². The molecular weight excluding hydrogens is 388 g/mol. The zero-order valence-electron chi connectivity index (χ0n) is 14.9. The maximum Gasteiger partial charge on any atom is 0.342 e. The van der Waals surface area contributed by atoms with E-state index in [9.17, 15) is 9.59 Å². The molecule has 0 aliphatic heterocycles. The van der Waals surface area contributed by atoms with Gasteiger partial charge in [0.1, 0.15) is 11.3 Å². The third-order valence-corrected chi connectivity index (χ3v) is 4.95. The van der Waals surface area contributed by atoms with E-state index in [0.29, 0.717) is 6.54 Å². The molecule has 0 heterocycles. The van der Waals surface area contributed by atoms with Crippen molar-refractivity contribution in [1.82, 2.24) is 5.32 Å². The first kappa shape index (κ1) is 20.9. The molecule has 8 heteroatoms. The van der Waals surface area contributed by atoms with Crippen LogP contribution in [0.5, 0.6) is 5.75 Å². The highest BCUT2D eigenvalue weighted by molar-refractivity contribution is 7.99. The number of nitrogen functional groups attached to an aromatic ring is 1. The van der Waals surface area contributed by atoms with Gasteiger partial charge in [-0.2, -0.15) is 0 Å². The third-order valence-electron chi connectivity index (χ3n) is 3.53. The largest absolute Gasteiger partial charge is 0.496 e. The van der Waals surface area contributed by atoms with Crippen molar-refractivity contribution in [3.05, 3.63) is 53.1 Å². The Kier molecular flexibility index (Phi) is 8.29. The molecule has 0 radical (unpaired) electrons. The molecule has 0 fully saturated rings. The lowest BCUT2D eigenvalue weighted by molar-refractivity contribution is -0.124. The van der Waals surface area contributed by atoms with Gasteiger partial charge in [-0.15, -0.1) is 11.8 Å². The predicted molar refractivity (Wildman–Crippen MR) is 107 cm³/mol. The maximum atomic E-state index is 12.1. The lowest BCUT2D eigenvalue weighted by atomic mass is 10.2. The monoisotopic (exact) mass is 408 g/mol. The van der Waals surface area contributed by atoms with Crippen LogP contribution in [-0.2, 0) is 9.53 Å². The first-order valence-electron chi connectivity index (χ1n) is 8.26. The fourth-order valence-corrected chi connectivity index (χ4v) is 3.20. The first-order chi connectivity index (χ1) is 13.0. The van der Waals surface area contributed by atoms with Crippen LogP contribution in [0.15, 0.2) is 47.4 Å². The summed E-state index contributed by atoms with van der Waals surface area (Å²) in [4.78, 5) is 25.1. The van der Waals surface area contributed by atoms with Crippen molar-refractivity contribution < 1.29 is 19.1 Å². The van der Waals surface area contributed by atoms with Crippen LogP contribution in [0.3, 0.4) is 0 Å². The molecular formula is C19H21ClN2O4S. The van der Waals surface area contributed by atoms with E-state index in [-0.39, 0.29) is 34.5 Å². The molecule has 0 saturated heterocycles. The third kappa shape index (κ3) is 6.69. The van der Waals surface area contributed by atoms with Crippen molar-refractivity contribution >= 4 is 40.9 Å². The summed E-state index contributed by atoms with van der Waals surface area (Å²) in [7, 11) is 1.40. The number of carbonyl (C=O) groups excluding carboxylic acids is 2. The van der Waals surface area contributed by atoms with Crippen LogP contribution >= 0.6 is 23.4 Å². The van der Waals surface area contributed by atoms with Crippen molar-refractivity contribution in [1.29, 1.82) is 0 Å². The minimum absolute atomic E-state index is 0.115. The standard InChI is InChI=1S/C19H21ClN2O4S/c1-25-17-11-16(21)15(20)10-14(17)19(24)26-12-18(23)22-8-5-9-27-13-6-3-2-4-7-13/h2-4,6-7,10-11H,5,8-9,12,21H2,1H3,(H,22,23). The first-order valence-corrected chi connectivity index (χ1v) is 9.62. The molecule has 6 nitrogen and oxygen atoms in total. The highest BCUT2D eigenvalue weighted by Gasteiger charge is 2.17. The van der Waals surface area contributed by atoms with Crippen LogP contribution in [0.1, 0.15) is 16.8 Å². The number of rotatable bonds is 9. The number of hydrogen-bond acceptors (Lipinski definition) is 6. The molecule has 0 aliphatic carbocycles. The number of carbonyl (C=O) groups is 2. The number of halogens is 1. The highest BCUT2D eigenvalue weighted by Crippen LogP contribution is 2.29. The van der Waals surface area contributed by atoms with Gasteiger partial charge in [0.25, 0.3) is 5.91 Å². The van der Waals surface area contributed by atoms with Gasteiger partial charge in [-0.25, -0.2) is 4.79 Å². The number of thioether (sulfide) groups is 1. The highest BCUT2D eigenvalue weighted by atomic mass is 35.5. The maximum absolute atomic E-state index is 12.1. The zero-order chi connectivity index (χ0) is 19.6. The van der Waals surface area contributed by atoms with Crippen LogP contribution < -0.4 is 15.8 Å². The van der Waals surface area contributed by atoms with E-state index in [0.717, 1.165) is 12.2 Å². The summed E-state index contributed by atoms with van der Waals surface area (Å²) in [6.07, 6.45) is 0.806. The Bertz CT molecular complexity index is 787. The van der Waals surface area contributed by atoms with E-state index in [1.54, 1.807) is 11.8 Å². The summed E-state index contributed by atoms with van der Waals surface area (Å²) in [6, 6.07) is 12.8. The second kappa shape index (κ2) is 10.7. The SMILES string of the molecule is COc1cc(N)c(Cl)cc1C(=O)OCC(=O)NCCCSc1ccccc1. The number of hydrogen-bond donors (Lipinski definition) is 2. The summed E-state index contributed by atoms with van der Waals surface area (Å²) < 4.78 is 10.1. The van der Waals surface area contributed by atoms with Crippen LogP contribution in [0.4, 0.5) is 5.69 Å². The number of nitrogens with two attached hydrogens (primary N) is 1. The zero-order valence-corrected chi connectivity index (χ0v) is 16.4. The van der Waals surface area contributed by atoms with Crippen molar-refractivity contribution in [2.75, 3.05) is 31.7 Å². The van der Waals surface area contributed by atoms with Crippen LogP contribution in [0.25, 0.3) is 0 Å². The number of anilines is 1. The molecule has 2 rings (SSSR count). The Hall–Kier alpha value is -2.38. The second-order valence-corrected chi connectivity index (χ2v) is 7.09. The number of methoxy groups -OCH3 is 1.